The average Bonchev–Trinajstić information content (AvgIpc) is 3.19. The van der Waals surface area contributed by atoms with Gasteiger partial charge in [-0.25, -0.2) is 4.68 Å². The lowest BCUT2D eigenvalue weighted by Gasteiger charge is -2.23. The molecule has 0 spiro atoms. The van der Waals surface area contributed by atoms with Gasteiger partial charge in [0.05, 0.1) is 18.7 Å². The first-order chi connectivity index (χ1) is 15.6. The summed E-state index contributed by atoms with van der Waals surface area (Å²) in [7, 11) is 1.54. The molecule has 2 aromatic carbocycles. The highest BCUT2D eigenvalue weighted by atomic mass is 16.5. The van der Waals surface area contributed by atoms with Gasteiger partial charge in [-0.05, 0) is 30.5 Å². The molecule has 1 aromatic heterocycles. The molecule has 1 aliphatic heterocycles. The van der Waals surface area contributed by atoms with Crippen molar-refractivity contribution in [2.75, 3.05) is 26.1 Å². The maximum Gasteiger partial charge on any atom is 0.255 e. The molecule has 3 N–H and O–H groups in total. The number of hydrogen-bond acceptors (Lipinski definition) is 6. The van der Waals surface area contributed by atoms with Crippen LogP contribution in [0.25, 0.3) is 11.3 Å². The monoisotopic (exact) mass is 431 g/mol. The van der Waals surface area contributed by atoms with Crippen molar-refractivity contribution in [3.63, 3.8) is 0 Å². The summed E-state index contributed by atoms with van der Waals surface area (Å²) in [5.41, 5.74) is 9.42. The number of nitrogens with zero attached hydrogens (tertiary/aromatic N) is 3. The average molecular weight is 431 g/mol. The van der Waals surface area contributed by atoms with Crippen molar-refractivity contribution >= 4 is 11.7 Å². The van der Waals surface area contributed by atoms with Gasteiger partial charge in [0.2, 0.25) is 0 Å². The van der Waals surface area contributed by atoms with Gasteiger partial charge in [0.1, 0.15) is 28.9 Å². The van der Waals surface area contributed by atoms with Gasteiger partial charge in [0.25, 0.3) is 5.91 Å². The highest BCUT2D eigenvalue weighted by Gasteiger charge is 2.24. The van der Waals surface area contributed by atoms with Crippen molar-refractivity contribution in [1.29, 1.82) is 5.26 Å². The summed E-state index contributed by atoms with van der Waals surface area (Å²) < 4.78 is 12.4. The van der Waals surface area contributed by atoms with Crippen molar-refractivity contribution in [1.82, 2.24) is 15.1 Å². The van der Waals surface area contributed by atoms with E-state index in [1.807, 2.05) is 30.3 Å². The second-order valence-electron chi connectivity index (χ2n) is 7.59. The predicted octanol–water partition coefficient (Wildman–Crippen LogP) is 3.29. The number of carbonyl (C=O) groups is 1. The lowest BCUT2D eigenvalue weighted by Crippen LogP contribution is -2.23. The Morgan fingerprint density at radius 1 is 1.25 bits per heavy atom. The largest absolute Gasteiger partial charge is 0.496 e. The van der Waals surface area contributed by atoms with Gasteiger partial charge in [0.15, 0.2) is 0 Å². The Balaban J connectivity index is 1.49. The maximum atomic E-state index is 12.5. The van der Waals surface area contributed by atoms with E-state index < -0.39 is 0 Å². The normalized spacial score (nSPS) is 14.0. The van der Waals surface area contributed by atoms with Crippen molar-refractivity contribution < 1.29 is 14.3 Å². The van der Waals surface area contributed by atoms with Crippen LogP contribution in [-0.4, -0.2) is 36.0 Å². The molecular formula is C24H25N5O3. The first-order valence-corrected chi connectivity index (χ1v) is 10.5. The van der Waals surface area contributed by atoms with E-state index in [9.17, 15) is 10.1 Å². The first-order valence-electron chi connectivity index (χ1n) is 10.5. The summed E-state index contributed by atoms with van der Waals surface area (Å²) in [6, 6.07) is 17.0. The molecule has 0 saturated carbocycles. The summed E-state index contributed by atoms with van der Waals surface area (Å²) in [5.74, 6) is 0.714. The number of hydrogen-bond donors (Lipinski definition) is 2. The van der Waals surface area contributed by atoms with Crippen molar-refractivity contribution in [3.05, 3.63) is 65.2 Å². The fourth-order valence-electron chi connectivity index (χ4n) is 3.86. The van der Waals surface area contributed by atoms with Crippen LogP contribution in [-0.2, 0) is 11.3 Å². The zero-order chi connectivity index (χ0) is 22.5. The minimum absolute atomic E-state index is 0.133. The number of methoxy groups -OCH3 is 1. The van der Waals surface area contributed by atoms with E-state index in [4.69, 9.17) is 15.2 Å². The molecule has 0 bridgehead atoms. The van der Waals surface area contributed by atoms with Gasteiger partial charge in [-0.3, -0.25) is 4.79 Å². The fraction of sp³-hybridized carbons (Fsp3) is 0.292. The topological polar surface area (TPSA) is 115 Å². The molecule has 0 unspecified atom stereocenters. The number of nitrogens with one attached hydrogen (secondary N) is 1. The zero-order valence-electron chi connectivity index (χ0n) is 17.9. The number of para-hydroxylation sites is 1. The second kappa shape index (κ2) is 9.54. The molecule has 1 aliphatic rings. The van der Waals surface area contributed by atoms with E-state index in [0.29, 0.717) is 48.1 Å². The van der Waals surface area contributed by atoms with Gasteiger partial charge >= 0.3 is 0 Å². The molecule has 8 heteroatoms. The zero-order valence-corrected chi connectivity index (χ0v) is 17.9. The Bertz CT molecular complexity index is 1140. The van der Waals surface area contributed by atoms with E-state index in [1.165, 1.54) is 7.11 Å². The molecule has 32 heavy (non-hydrogen) atoms. The summed E-state index contributed by atoms with van der Waals surface area (Å²) in [5, 5.41) is 17.2. The van der Waals surface area contributed by atoms with Crippen LogP contribution < -0.4 is 15.8 Å². The molecule has 164 valence electrons. The maximum absolute atomic E-state index is 12.5. The number of amides is 1. The van der Waals surface area contributed by atoms with Crippen LogP contribution in [0.5, 0.6) is 5.75 Å². The van der Waals surface area contributed by atoms with Gasteiger partial charge in [-0.1, -0.05) is 36.4 Å². The van der Waals surface area contributed by atoms with Gasteiger partial charge < -0.3 is 20.5 Å². The van der Waals surface area contributed by atoms with Crippen molar-refractivity contribution in [2.24, 2.45) is 0 Å². The number of nitrogen functional groups attached to an aromatic ring is 1. The third kappa shape index (κ3) is 4.29. The highest BCUT2D eigenvalue weighted by Crippen LogP contribution is 2.31. The minimum Gasteiger partial charge on any atom is -0.496 e. The van der Waals surface area contributed by atoms with Crippen molar-refractivity contribution in [2.45, 2.75) is 25.4 Å². The fourth-order valence-corrected chi connectivity index (χ4v) is 3.86. The van der Waals surface area contributed by atoms with Gasteiger partial charge in [-0.15, -0.1) is 0 Å². The first kappa shape index (κ1) is 21.4. The molecule has 1 fully saturated rings. The van der Waals surface area contributed by atoms with Gasteiger partial charge in [-0.2, -0.15) is 10.4 Å². The van der Waals surface area contributed by atoms with E-state index in [1.54, 1.807) is 22.9 Å². The number of benzene rings is 2. The van der Waals surface area contributed by atoms with Crippen LogP contribution in [0.2, 0.25) is 0 Å². The smallest absolute Gasteiger partial charge is 0.255 e. The number of nitrogens with two attached hydrogens (primary N) is 1. The second-order valence-corrected chi connectivity index (χ2v) is 7.59. The SMILES string of the molecule is COc1ccccc1C(=O)NCc1ccc(-c2nn(C3CCOCC3)c(N)c2C#N)cc1. The Kier molecular flexibility index (Phi) is 6.38. The summed E-state index contributed by atoms with van der Waals surface area (Å²) in [6.45, 7) is 1.69. The molecule has 4 rings (SSSR count). The lowest BCUT2D eigenvalue weighted by atomic mass is 10.1. The number of nitriles is 1. The van der Waals surface area contributed by atoms with E-state index in [2.05, 4.69) is 16.5 Å². The van der Waals surface area contributed by atoms with Crippen LogP contribution in [0.3, 0.4) is 0 Å². The van der Waals surface area contributed by atoms with Gasteiger partial charge in [0, 0.05) is 25.3 Å². The quantitative estimate of drug-likeness (QED) is 0.619. The summed E-state index contributed by atoms with van der Waals surface area (Å²) in [6.07, 6.45) is 1.64. The molecular weight excluding hydrogens is 406 g/mol. The third-order valence-corrected chi connectivity index (χ3v) is 5.63. The van der Waals surface area contributed by atoms with E-state index in [0.717, 1.165) is 24.0 Å². The molecule has 8 nitrogen and oxygen atoms in total. The molecule has 1 amide bonds. The van der Waals surface area contributed by atoms with Crippen LogP contribution in [0, 0.1) is 11.3 Å². The summed E-state index contributed by atoms with van der Waals surface area (Å²) >= 11 is 0. The Hall–Kier alpha value is -3.83. The number of aromatic nitrogens is 2. The van der Waals surface area contributed by atoms with Crippen LogP contribution in [0.1, 0.15) is 40.4 Å². The minimum atomic E-state index is -0.207. The van der Waals surface area contributed by atoms with Crippen LogP contribution in [0.4, 0.5) is 5.82 Å². The van der Waals surface area contributed by atoms with Crippen LogP contribution >= 0.6 is 0 Å². The molecule has 2 heterocycles. The number of ether oxygens (including phenoxy) is 2. The Morgan fingerprint density at radius 3 is 2.66 bits per heavy atom. The molecule has 1 saturated heterocycles. The predicted molar refractivity (Wildman–Crippen MR) is 120 cm³/mol. The summed E-state index contributed by atoms with van der Waals surface area (Å²) in [4.78, 5) is 12.5. The molecule has 0 aliphatic carbocycles. The Labute approximate surface area is 186 Å². The number of rotatable bonds is 6. The number of carbonyl (C=O) groups excluding carboxylic acids is 1. The van der Waals surface area contributed by atoms with Crippen molar-refractivity contribution in [3.8, 4) is 23.1 Å². The third-order valence-electron chi connectivity index (χ3n) is 5.63. The van der Waals surface area contributed by atoms with E-state index in [-0.39, 0.29) is 11.9 Å². The molecule has 0 atom stereocenters. The molecule has 3 aromatic rings. The molecule has 0 radical (unpaired) electrons. The highest BCUT2D eigenvalue weighted by molar-refractivity contribution is 5.96. The standard InChI is InChI=1S/C24H25N5O3/c1-31-21-5-3-2-4-19(21)24(30)27-15-16-6-8-17(9-7-16)22-20(14-25)23(26)29(28-22)18-10-12-32-13-11-18/h2-9,18H,10-13,15,26H2,1H3,(H,27,30). The van der Waals surface area contributed by atoms with E-state index >= 15 is 0 Å². The van der Waals surface area contributed by atoms with Crippen LogP contribution in [0.15, 0.2) is 48.5 Å². The Morgan fingerprint density at radius 2 is 1.97 bits per heavy atom. The lowest BCUT2D eigenvalue weighted by molar-refractivity contribution is 0.0669. The number of anilines is 1.